The van der Waals surface area contributed by atoms with Crippen molar-refractivity contribution >= 4 is 17.8 Å². The van der Waals surface area contributed by atoms with Gasteiger partial charge in [-0.05, 0) is 57.6 Å². The van der Waals surface area contributed by atoms with E-state index in [1.54, 1.807) is 36.4 Å². The van der Waals surface area contributed by atoms with Crippen molar-refractivity contribution in [2.45, 2.75) is 52.4 Å². The number of ether oxygens (including phenoxy) is 1. The lowest BCUT2D eigenvalue weighted by atomic mass is 9.81. The van der Waals surface area contributed by atoms with E-state index in [9.17, 15) is 14.4 Å². The molecule has 0 radical (unpaired) electrons. The number of benzene rings is 1. The maximum Gasteiger partial charge on any atom is 0.312 e. The van der Waals surface area contributed by atoms with Gasteiger partial charge in [-0.3, -0.25) is 19.2 Å². The van der Waals surface area contributed by atoms with E-state index in [0.717, 1.165) is 30.7 Å². The van der Waals surface area contributed by atoms with Crippen LogP contribution in [-0.4, -0.2) is 36.1 Å². The molecule has 0 saturated carbocycles. The fourth-order valence-corrected chi connectivity index (χ4v) is 3.79. The van der Waals surface area contributed by atoms with E-state index >= 15 is 0 Å². The number of cyclic esters (lactones) is 1. The van der Waals surface area contributed by atoms with Gasteiger partial charge in [-0.25, -0.2) is 0 Å². The Morgan fingerprint density at radius 1 is 1.00 bits per heavy atom. The minimum absolute atomic E-state index is 0.0661. The van der Waals surface area contributed by atoms with E-state index in [2.05, 4.69) is 13.2 Å². The van der Waals surface area contributed by atoms with E-state index in [1.807, 2.05) is 19.9 Å². The van der Waals surface area contributed by atoms with Crippen LogP contribution in [0.15, 0.2) is 55.6 Å². The first-order valence-corrected chi connectivity index (χ1v) is 10.7. The van der Waals surface area contributed by atoms with Crippen LogP contribution in [0, 0.1) is 10.8 Å². The summed E-state index contributed by atoms with van der Waals surface area (Å²) in [5.41, 5.74) is -0.466. The minimum atomic E-state index is -0.622. The van der Waals surface area contributed by atoms with Gasteiger partial charge in [0.2, 0.25) is 0 Å². The first-order chi connectivity index (χ1) is 14.8. The average molecular weight is 428 g/mol. The summed E-state index contributed by atoms with van der Waals surface area (Å²) in [4.78, 5) is 41.6. The summed E-state index contributed by atoms with van der Waals surface area (Å²) in [5.74, 6) is -0.764. The molecule has 0 spiro atoms. The summed E-state index contributed by atoms with van der Waals surface area (Å²) < 4.78 is 4.96. The van der Waals surface area contributed by atoms with Crippen molar-refractivity contribution in [2.24, 2.45) is 10.8 Å². The number of allylic oxidation sites excluding steroid dienone is 2. The van der Waals surface area contributed by atoms with Crippen molar-refractivity contribution in [1.82, 2.24) is 5.06 Å². The van der Waals surface area contributed by atoms with Gasteiger partial charge in [-0.2, -0.15) is 0 Å². The van der Waals surface area contributed by atoms with Crippen LogP contribution < -0.4 is 0 Å². The lowest BCUT2D eigenvalue weighted by molar-refractivity contribution is -0.173. The second kappa shape index (κ2) is 11.0. The number of imide groups is 1. The molecule has 2 fully saturated rings. The van der Waals surface area contributed by atoms with Crippen LogP contribution >= 0.6 is 0 Å². The van der Waals surface area contributed by atoms with Gasteiger partial charge in [0.15, 0.2) is 0 Å². The summed E-state index contributed by atoms with van der Waals surface area (Å²) in [5, 5.41) is 0.922. The molecule has 6 nitrogen and oxygen atoms in total. The van der Waals surface area contributed by atoms with Crippen molar-refractivity contribution in [3.8, 4) is 0 Å². The number of hydrogen-bond donors (Lipinski definition) is 0. The number of rotatable bonds is 5. The van der Waals surface area contributed by atoms with Gasteiger partial charge in [0.25, 0.3) is 11.8 Å². The molecule has 1 aromatic carbocycles. The van der Waals surface area contributed by atoms with Gasteiger partial charge in [-0.1, -0.05) is 37.3 Å². The zero-order valence-electron chi connectivity index (χ0n) is 18.6. The van der Waals surface area contributed by atoms with Gasteiger partial charge < -0.3 is 4.74 Å². The third kappa shape index (κ3) is 6.14. The Labute approximate surface area is 184 Å². The van der Waals surface area contributed by atoms with Crippen LogP contribution in [0.3, 0.4) is 0 Å². The number of hydrogen-bond acceptors (Lipinski definition) is 5. The number of carbonyl (C=O) groups excluding carboxylic acids is 3. The molecule has 2 atom stereocenters. The Hall–Kier alpha value is -2.73. The van der Waals surface area contributed by atoms with Crippen LogP contribution in [0.2, 0.25) is 0 Å². The van der Waals surface area contributed by atoms with E-state index in [1.165, 1.54) is 0 Å². The Kier molecular flexibility index (Phi) is 8.75. The molecule has 31 heavy (non-hydrogen) atoms. The van der Waals surface area contributed by atoms with E-state index in [-0.39, 0.29) is 17.3 Å². The standard InChI is InChI=1S/C16H19NO3.C9H14O2/c1-3-10-16(2)11-7-12-20-17(15(16)19)14(18)13-8-5-4-6-9-13;1-3-5-9(2)6-4-7-11-8(9)10/h3-6,8-9H,1,7,10-12H2,2H3;3H,1,4-7H2,2H3/t16-;9-/m11/s1. The number of nitrogens with zero attached hydrogens (tertiary/aromatic N) is 1. The van der Waals surface area contributed by atoms with Crippen molar-refractivity contribution in [1.29, 1.82) is 0 Å². The zero-order chi connectivity index (χ0) is 22.9. The van der Waals surface area contributed by atoms with Crippen molar-refractivity contribution < 1.29 is 24.0 Å². The first-order valence-electron chi connectivity index (χ1n) is 10.7. The van der Waals surface area contributed by atoms with Crippen molar-refractivity contribution in [2.75, 3.05) is 13.2 Å². The fraction of sp³-hybridized carbons (Fsp3) is 0.480. The lowest BCUT2D eigenvalue weighted by Gasteiger charge is -2.30. The molecule has 0 bridgehead atoms. The van der Waals surface area contributed by atoms with Crippen LogP contribution in [0.25, 0.3) is 0 Å². The number of amides is 2. The molecule has 0 aliphatic carbocycles. The highest BCUT2D eigenvalue weighted by Gasteiger charge is 2.41. The molecular weight excluding hydrogens is 394 g/mol. The Balaban J connectivity index is 0.000000262. The number of esters is 1. The molecule has 3 rings (SSSR count). The molecule has 1 aromatic rings. The van der Waals surface area contributed by atoms with Crippen LogP contribution in [-0.2, 0) is 19.2 Å². The van der Waals surface area contributed by atoms with Crippen LogP contribution in [0.5, 0.6) is 0 Å². The minimum Gasteiger partial charge on any atom is -0.465 e. The van der Waals surface area contributed by atoms with Crippen LogP contribution in [0.4, 0.5) is 0 Å². The molecule has 2 aliphatic heterocycles. The summed E-state index contributed by atoms with van der Waals surface area (Å²) in [6.07, 6.45) is 8.11. The quantitative estimate of drug-likeness (QED) is 0.381. The largest absolute Gasteiger partial charge is 0.465 e. The predicted octanol–water partition coefficient (Wildman–Crippen LogP) is 4.87. The van der Waals surface area contributed by atoms with Gasteiger partial charge in [0, 0.05) is 5.56 Å². The molecule has 2 heterocycles. The lowest BCUT2D eigenvalue weighted by Crippen LogP contribution is -2.43. The zero-order valence-corrected chi connectivity index (χ0v) is 18.6. The van der Waals surface area contributed by atoms with E-state index < -0.39 is 11.3 Å². The molecular formula is C25H33NO5. The van der Waals surface area contributed by atoms with Crippen molar-refractivity contribution in [3.63, 3.8) is 0 Å². The number of carbonyl (C=O) groups is 3. The second-order valence-electron chi connectivity index (χ2n) is 8.55. The smallest absolute Gasteiger partial charge is 0.312 e. The highest BCUT2D eigenvalue weighted by Crippen LogP contribution is 2.34. The third-order valence-corrected chi connectivity index (χ3v) is 5.79. The normalized spacial score (nSPS) is 26.1. The molecule has 0 N–H and O–H groups in total. The van der Waals surface area contributed by atoms with Gasteiger partial charge in [0.05, 0.1) is 24.0 Å². The fourth-order valence-electron chi connectivity index (χ4n) is 3.79. The molecule has 0 unspecified atom stereocenters. The van der Waals surface area contributed by atoms with Gasteiger partial charge in [0.1, 0.15) is 0 Å². The third-order valence-electron chi connectivity index (χ3n) is 5.79. The molecule has 2 aliphatic rings. The predicted molar refractivity (Wildman–Crippen MR) is 119 cm³/mol. The Bertz CT molecular complexity index is 805. The van der Waals surface area contributed by atoms with E-state index in [0.29, 0.717) is 31.6 Å². The highest BCUT2D eigenvalue weighted by molar-refractivity contribution is 6.05. The summed E-state index contributed by atoms with van der Waals surface area (Å²) in [7, 11) is 0. The molecule has 0 aromatic heterocycles. The molecule has 6 heteroatoms. The molecule has 168 valence electrons. The summed E-state index contributed by atoms with van der Waals surface area (Å²) in [6.45, 7) is 12.1. The SMILES string of the molecule is C=CC[C@]1(C)CCCOC1=O.C=CC[C@]1(C)CCCON(C(=O)c2ccccc2)C1=O. The highest BCUT2D eigenvalue weighted by atomic mass is 16.7. The first kappa shape index (κ1) is 24.5. The van der Waals surface area contributed by atoms with Gasteiger partial charge >= 0.3 is 5.97 Å². The Morgan fingerprint density at radius 3 is 2.19 bits per heavy atom. The summed E-state index contributed by atoms with van der Waals surface area (Å²) in [6, 6.07) is 8.70. The Morgan fingerprint density at radius 2 is 1.58 bits per heavy atom. The van der Waals surface area contributed by atoms with Gasteiger partial charge in [-0.15, -0.1) is 18.2 Å². The molecule has 2 amide bonds. The van der Waals surface area contributed by atoms with Crippen LogP contribution in [0.1, 0.15) is 62.7 Å². The number of hydroxylamine groups is 2. The topological polar surface area (TPSA) is 72.9 Å². The monoisotopic (exact) mass is 427 g/mol. The summed E-state index contributed by atoms with van der Waals surface area (Å²) >= 11 is 0. The van der Waals surface area contributed by atoms with E-state index in [4.69, 9.17) is 9.57 Å². The molecule has 2 saturated heterocycles. The maximum atomic E-state index is 12.6. The van der Waals surface area contributed by atoms with Crippen molar-refractivity contribution in [3.05, 3.63) is 61.2 Å². The maximum absolute atomic E-state index is 12.6. The second-order valence-corrected chi connectivity index (χ2v) is 8.55. The average Bonchev–Trinajstić information content (AvgIpc) is 2.90.